The van der Waals surface area contributed by atoms with Gasteiger partial charge in [-0.3, -0.25) is 6.79 Å². The van der Waals surface area contributed by atoms with Gasteiger partial charge in [0, 0.05) is 0 Å². The molecule has 0 spiro atoms. The van der Waals surface area contributed by atoms with E-state index in [4.69, 9.17) is 4.79 Å². The van der Waals surface area contributed by atoms with E-state index in [-0.39, 0.29) is 41.8 Å². The van der Waals surface area contributed by atoms with Crippen molar-refractivity contribution >= 4 is 6.79 Å². The van der Waals surface area contributed by atoms with E-state index >= 15 is 0 Å². The third-order valence-corrected chi connectivity index (χ3v) is 0. The van der Waals surface area contributed by atoms with Crippen molar-refractivity contribution in [3.05, 3.63) is 22.3 Å². The Morgan fingerprint density at radius 3 is 0.833 bits per heavy atom. The summed E-state index contributed by atoms with van der Waals surface area (Å²) in [6.45, 7) is 3.25. The van der Waals surface area contributed by atoms with Gasteiger partial charge < -0.3 is 27.1 Å². The first kappa shape index (κ1) is 105. The molecule has 0 saturated heterocycles. The van der Waals surface area contributed by atoms with Gasteiger partial charge in [-0.25, -0.2) is 0 Å². The molecule has 0 aromatic carbocycles. The Morgan fingerprint density at radius 2 is 0.833 bits per heavy atom. The predicted molar refractivity (Wildman–Crippen MR) is 27.4 cm³/mol. The fraction of sp³-hybridized carbons (Fsp3) is 0. The van der Waals surface area contributed by atoms with Crippen LogP contribution in [0.2, 0.25) is 0 Å². The van der Waals surface area contributed by atoms with Gasteiger partial charge in [-0.1, -0.05) is 0 Å². The molecule has 0 bridgehead atoms. The Kier molecular flexibility index (Phi) is 19900. The van der Waals surface area contributed by atoms with Crippen molar-refractivity contribution in [1.29, 1.82) is 0 Å². The Hall–Kier alpha value is 0.293. The van der Waals surface area contributed by atoms with Crippen LogP contribution in [-0.4, -0.2) is 6.79 Å². The van der Waals surface area contributed by atoms with E-state index in [2.05, 4.69) is 6.79 Å². The van der Waals surface area contributed by atoms with Crippen molar-refractivity contribution in [3.63, 3.8) is 0 Å². The van der Waals surface area contributed by atoms with Crippen LogP contribution in [0.3, 0.4) is 0 Å². The zero-order valence-corrected chi connectivity index (χ0v) is 6.22. The molecule has 45 valence electrons. The second kappa shape index (κ2) is 1130. The van der Waals surface area contributed by atoms with Crippen molar-refractivity contribution < 1.29 is 24.3 Å². The molecule has 0 atom stereocenters. The molecule has 6 heavy (non-hydrogen) atoms. The maximum atomic E-state index is 7.75. The summed E-state index contributed by atoms with van der Waals surface area (Å²) in [5.41, 5.74) is 0. The summed E-state index contributed by atoms with van der Waals surface area (Å²) in [4.78, 5) is 7.75. The van der Waals surface area contributed by atoms with Gasteiger partial charge in [0.1, 0.15) is 0 Å². The number of hydrogen-bond acceptors (Lipinski definition) is 1. The fourth-order valence-electron chi connectivity index (χ4n) is 0. The monoisotopic (exact) mass is 177 g/mol. The molecule has 0 saturated carbocycles. The Bertz CT molecular complexity index is 7.51. The average molecular weight is 176 g/mol. The number of rotatable bonds is 0. The van der Waals surface area contributed by atoms with Gasteiger partial charge in [0.15, 0.2) is 0 Å². The van der Waals surface area contributed by atoms with Crippen LogP contribution >= 0.6 is 0 Å². The molecule has 0 heterocycles. The minimum atomic E-state index is 0. The molecule has 0 fully saturated rings. The quantitative estimate of drug-likeness (QED) is 0.303. The molecule has 1 nitrogen and oxygen atoms in total. The average Bonchev–Trinajstić information content (AvgIpc) is 1.00. The first-order valence-corrected chi connectivity index (χ1v) is 0.236. The summed E-state index contributed by atoms with van der Waals surface area (Å²) in [6.07, 6.45) is 0. The minimum absolute atomic E-state index is 0. The van der Waals surface area contributed by atoms with E-state index < -0.39 is 0 Å². The van der Waals surface area contributed by atoms with Crippen molar-refractivity contribution in [2.45, 2.75) is 0 Å². The van der Waals surface area contributed by atoms with Gasteiger partial charge in [-0.2, -0.15) is 0 Å². The third kappa shape index (κ3) is 541. The molecule has 0 aliphatic rings. The topological polar surface area (TPSA) is 17.1 Å². The fourth-order valence-corrected chi connectivity index (χ4v) is 0. The van der Waals surface area contributed by atoms with E-state index in [1.807, 2.05) is 0 Å². The van der Waals surface area contributed by atoms with E-state index in [1.54, 1.807) is 0 Å². The standard InChI is InChI=1S/CHO.3CH3.Ru.H/c1-2;;;;;/h1H;3*1H3;;/q4*-1;;. The molecule has 0 aromatic heterocycles. The van der Waals surface area contributed by atoms with Crippen molar-refractivity contribution in [2.75, 3.05) is 0 Å². The molecule has 0 aliphatic carbocycles. The van der Waals surface area contributed by atoms with Crippen molar-refractivity contribution in [1.82, 2.24) is 0 Å². The van der Waals surface area contributed by atoms with Crippen LogP contribution in [0.25, 0.3) is 0 Å². The summed E-state index contributed by atoms with van der Waals surface area (Å²) in [5.74, 6) is 0. The Labute approximate surface area is 53.9 Å². The summed E-state index contributed by atoms with van der Waals surface area (Å²) < 4.78 is 0. The second-order valence-corrected chi connectivity index (χ2v) is 0. The Morgan fingerprint density at radius 1 is 0.833 bits per heavy atom. The first-order chi connectivity index (χ1) is 1.00. The van der Waals surface area contributed by atoms with Gasteiger partial charge in [-0.05, 0) is 0 Å². The van der Waals surface area contributed by atoms with Crippen LogP contribution < -0.4 is 0 Å². The normalized spacial score (nSPS) is 0.667. The Balaban J connectivity index is -0.000000000833. The van der Waals surface area contributed by atoms with Crippen LogP contribution in [0.4, 0.5) is 0 Å². The molecule has 0 aliphatic heterocycles. The first-order valence-electron chi connectivity index (χ1n) is 0.236. The molecule has 0 radical (unpaired) electrons. The molecular formula is C4H11ORu-4. The molecule has 0 rings (SSSR count). The zero-order chi connectivity index (χ0) is 2.00. The molecule has 0 N–H and O–H groups in total. The van der Waals surface area contributed by atoms with Crippen molar-refractivity contribution in [3.8, 4) is 0 Å². The molecule has 0 unspecified atom stereocenters. The predicted octanol–water partition coefficient (Wildman–Crippen LogP) is 0.807. The van der Waals surface area contributed by atoms with Gasteiger partial charge >= 0.3 is 19.5 Å². The zero-order valence-electron chi connectivity index (χ0n) is 4.36. The maximum absolute atomic E-state index is 7.75. The second-order valence-electron chi connectivity index (χ2n) is 0. The van der Waals surface area contributed by atoms with E-state index in [0.717, 1.165) is 0 Å². The SMILES string of the molecule is [CH-]=O.[CH3-].[CH3-].[CH3-].[RuH]. The molecule has 0 amide bonds. The van der Waals surface area contributed by atoms with Crippen LogP contribution in [0.15, 0.2) is 0 Å². The van der Waals surface area contributed by atoms with E-state index in [1.165, 1.54) is 0 Å². The van der Waals surface area contributed by atoms with Crippen LogP contribution in [0.5, 0.6) is 0 Å². The molecule has 2 heteroatoms. The van der Waals surface area contributed by atoms with Gasteiger partial charge in [0.25, 0.3) is 0 Å². The van der Waals surface area contributed by atoms with Gasteiger partial charge in [-0.15, -0.1) is 0 Å². The third-order valence-electron chi connectivity index (χ3n) is 0. The van der Waals surface area contributed by atoms with Crippen LogP contribution in [0.1, 0.15) is 0 Å². The summed E-state index contributed by atoms with van der Waals surface area (Å²) >= 11 is 0. The summed E-state index contributed by atoms with van der Waals surface area (Å²) in [6, 6.07) is 0. The summed E-state index contributed by atoms with van der Waals surface area (Å²) in [7, 11) is 0. The van der Waals surface area contributed by atoms with Gasteiger partial charge in [0.05, 0.1) is 0 Å². The van der Waals surface area contributed by atoms with Crippen molar-refractivity contribution in [2.24, 2.45) is 0 Å². The number of hydrogen-bond donors (Lipinski definition) is 0. The van der Waals surface area contributed by atoms with Gasteiger partial charge in [0.2, 0.25) is 0 Å². The molecule has 0 aromatic rings. The van der Waals surface area contributed by atoms with Crippen LogP contribution in [0, 0.1) is 22.3 Å². The van der Waals surface area contributed by atoms with Crippen LogP contribution in [-0.2, 0) is 24.3 Å². The molecular weight excluding hydrogens is 165 g/mol. The van der Waals surface area contributed by atoms with E-state index in [0.29, 0.717) is 0 Å². The van der Waals surface area contributed by atoms with E-state index in [9.17, 15) is 0 Å². The summed E-state index contributed by atoms with van der Waals surface area (Å²) in [5, 5.41) is 0. The number of carbonyl (C=O) groups excluding carboxylic acids is 1.